The summed E-state index contributed by atoms with van der Waals surface area (Å²) >= 11 is 0. The second-order valence-corrected chi connectivity index (χ2v) is 4.51. The van der Waals surface area contributed by atoms with E-state index in [4.69, 9.17) is 4.74 Å². The first-order chi connectivity index (χ1) is 10.4. The van der Waals surface area contributed by atoms with Crippen LogP contribution in [-0.2, 0) is 0 Å². The maximum absolute atomic E-state index is 5.78. The van der Waals surface area contributed by atoms with Gasteiger partial charge in [-0.2, -0.15) is 5.10 Å². The standard InChI is InChI=1S/C16H16N4O/c1-2-6-14(7-3-1)21-15-8-4-5-13(11-15)12-19-20-16-17-9-10-18-16/h1-8,11-12H,9-10H2,(H2,17,18,20)/b19-12+. The van der Waals surface area contributed by atoms with Gasteiger partial charge in [0.25, 0.3) is 0 Å². The molecule has 0 unspecified atom stereocenters. The van der Waals surface area contributed by atoms with Gasteiger partial charge in [-0.3, -0.25) is 0 Å². The van der Waals surface area contributed by atoms with Crippen molar-refractivity contribution in [3.8, 4) is 11.5 Å². The van der Waals surface area contributed by atoms with Crippen LogP contribution in [0.15, 0.2) is 64.7 Å². The van der Waals surface area contributed by atoms with Gasteiger partial charge in [-0.1, -0.05) is 30.3 Å². The molecule has 1 aliphatic rings. The number of benzene rings is 2. The summed E-state index contributed by atoms with van der Waals surface area (Å²) in [6.45, 7) is 1.65. The van der Waals surface area contributed by atoms with Gasteiger partial charge in [0.1, 0.15) is 11.5 Å². The van der Waals surface area contributed by atoms with Gasteiger partial charge < -0.3 is 10.1 Å². The number of hydrogen-bond acceptors (Lipinski definition) is 5. The number of para-hydroxylation sites is 1. The molecule has 2 N–H and O–H groups in total. The molecular weight excluding hydrogens is 264 g/mol. The highest BCUT2D eigenvalue weighted by atomic mass is 16.5. The predicted octanol–water partition coefficient (Wildman–Crippen LogP) is 2.36. The quantitative estimate of drug-likeness (QED) is 0.667. The van der Waals surface area contributed by atoms with Crippen LogP contribution in [0.1, 0.15) is 5.56 Å². The molecule has 106 valence electrons. The number of nitrogens with zero attached hydrogens (tertiary/aromatic N) is 2. The zero-order valence-electron chi connectivity index (χ0n) is 11.5. The molecule has 0 radical (unpaired) electrons. The Bertz CT molecular complexity index is 652. The molecule has 0 spiro atoms. The second kappa shape index (κ2) is 6.56. The van der Waals surface area contributed by atoms with Crippen molar-refractivity contribution in [2.24, 2.45) is 10.1 Å². The lowest BCUT2D eigenvalue weighted by Gasteiger charge is -2.05. The highest BCUT2D eigenvalue weighted by Crippen LogP contribution is 2.21. The average Bonchev–Trinajstić information content (AvgIpc) is 3.02. The van der Waals surface area contributed by atoms with Crippen molar-refractivity contribution in [3.63, 3.8) is 0 Å². The Morgan fingerprint density at radius 1 is 1.10 bits per heavy atom. The van der Waals surface area contributed by atoms with Crippen LogP contribution in [0, 0.1) is 0 Å². The van der Waals surface area contributed by atoms with Gasteiger partial charge in [0, 0.05) is 6.54 Å². The van der Waals surface area contributed by atoms with Gasteiger partial charge in [-0.15, -0.1) is 0 Å². The fourth-order valence-electron chi connectivity index (χ4n) is 1.92. The number of aliphatic imine (C=N–C) groups is 1. The number of guanidine groups is 1. The Morgan fingerprint density at radius 3 is 2.76 bits per heavy atom. The van der Waals surface area contributed by atoms with Crippen molar-refractivity contribution in [1.29, 1.82) is 0 Å². The molecule has 21 heavy (non-hydrogen) atoms. The first-order valence-corrected chi connectivity index (χ1v) is 6.80. The van der Waals surface area contributed by atoms with Crippen molar-refractivity contribution >= 4 is 12.2 Å². The molecule has 0 bridgehead atoms. The molecule has 5 nitrogen and oxygen atoms in total. The first kappa shape index (κ1) is 13.2. The van der Waals surface area contributed by atoms with E-state index >= 15 is 0 Å². The predicted molar refractivity (Wildman–Crippen MR) is 84.0 cm³/mol. The van der Waals surface area contributed by atoms with Gasteiger partial charge >= 0.3 is 0 Å². The van der Waals surface area contributed by atoms with E-state index < -0.39 is 0 Å². The largest absolute Gasteiger partial charge is 0.457 e. The molecule has 0 saturated carbocycles. The Labute approximate surface area is 123 Å². The SMILES string of the molecule is C(=N\NC1=NCCN1)/c1cccc(Oc2ccccc2)c1. The van der Waals surface area contributed by atoms with E-state index in [1.54, 1.807) is 6.21 Å². The number of hydrogen-bond donors (Lipinski definition) is 2. The van der Waals surface area contributed by atoms with Crippen LogP contribution in [0.4, 0.5) is 0 Å². The topological polar surface area (TPSA) is 58.0 Å². The molecule has 2 aromatic carbocycles. The smallest absolute Gasteiger partial charge is 0.212 e. The molecule has 5 heteroatoms. The summed E-state index contributed by atoms with van der Waals surface area (Å²) in [5.41, 5.74) is 3.82. The summed E-state index contributed by atoms with van der Waals surface area (Å²) in [6, 6.07) is 17.4. The molecule has 0 aliphatic carbocycles. The number of hydrazone groups is 1. The van der Waals surface area contributed by atoms with E-state index in [-0.39, 0.29) is 0 Å². The fraction of sp³-hybridized carbons (Fsp3) is 0.125. The zero-order chi connectivity index (χ0) is 14.3. The fourth-order valence-corrected chi connectivity index (χ4v) is 1.92. The van der Waals surface area contributed by atoms with Crippen molar-refractivity contribution < 1.29 is 4.74 Å². The van der Waals surface area contributed by atoms with Crippen LogP contribution < -0.4 is 15.5 Å². The highest BCUT2D eigenvalue weighted by molar-refractivity contribution is 5.84. The summed E-state index contributed by atoms with van der Waals surface area (Å²) in [7, 11) is 0. The summed E-state index contributed by atoms with van der Waals surface area (Å²) < 4.78 is 5.78. The van der Waals surface area contributed by atoms with Crippen molar-refractivity contribution in [2.45, 2.75) is 0 Å². The molecule has 3 rings (SSSR count). The molecule has 0 aromatic heterocycles. The van der Waals surface area contributed by atoms with Crippen molar-refractivity contribution in [3.05, 3.63) is 60.2 Å². The third kappa shape index (κ3) is 3.82. The van der Waals surface area contributed by atoms with Crippen LogP contribution in [0.2, 0.25) is 0 Å². The van der Waals surface area contributed by atoms with Gasteiger partial charge in [0.15, 0.2) is 0 Å². The minimum absolute atomic E-state index is 0.711. The molecule has 0 fully saturated rings. The molecule has 0 amide bonds. The van der Waals surface area contributed by atoms with E-state index in [0.29, 0.717) is 5.96 Å². The average molecular weight is 280 g/mol. The van der Waals surface area contributed by atoms with E-state index in [1.807, 2.05) is 54.6 Å². The minimum atomic E-state index is 0.711. The minimum Gasteiger partial charge on any atom is -0.457 e. The van der Waals surface area contributed by atoms with E-state index in [2.05, 4.69) is 20.8 Å². The summed E-state index contributed by atoms with van der Waals surface area (Å²) in [4.78, 5) is 4.20. The van der Waals surface area contributed by atoms with Gasteiger partial charge in [0.05, 0.1) is 12.8 Å². The van der Waals surface area contributed by atoms with Crippen LogP contribution >= 0.6 is 0 Å². The normalized spacial score (nSPS) is 13.8. The molecular formula is C16H16N4O. The van der Waals surface area contributed by atoms with Gasteiger partial charge in [-0.05, 0) is 29.8 Å². The number of rotatable bonds is 4. The van der Waals surface area contributed by atoms with Crippen molar-refractivity contribution in [2.75, 3.05) is 13.1 Å². The lowest BCUT2D eigenvalue weighted by atomic mass is 10.2. The molecule has 0 atom stereocenters. The monoisotopic (exact) mass is 280 g/mol. The Morgan fingerprint density at radius 2 is 1.95 bits per heavy atom. The Kier molecular flexibility index (Phi) is 4.12. The van der Waals surface area contributed by atoms with Crippen LogP contribution in [0.3, 0.4) is 0 Å². The summed E-state index contributed by atoms with van der Waals surface area (Å²) in [6.07, 6.45) is 1.74. The maximum atomic E-state index is 5.78. The first-order valence-electron chi connectivity index (χ1n) is 6.80. The highest BCUT2D eigenvalue weighted by Gasteiger charge is 2.01. The Balaban J connectivity index is 1.64. The molecule has 2 aromatic rings. The van der Waals surface area contributed by atoms with Crippen LogP contribution in [0.5, 0.6) is 11.5 Å². The van der Waals surface area contributed by atoms with Crippen molar-refractivity contribution in [1.82, 2.24) is 10.7 Å². The summed E-state index contributed by atoms with van der Waals surface area (Å²) in [5.74, 6) is 2.30. The van der Waals surface area contributed by atoms with E-state index in [0.717, 1.165) is 30.2 Å². The number of nitrogens with one attached hydrogen (secondary N) is 2. The van der Waals surface area contributed by atoms with Crippen LogP contribution in [-0.4, -0.2) is 25.3 Å². The lowest BCUT2D eigenvalue weighted by Crippen LogP contribution is -2.30. The molecule has 0 saturated heterocycles. The Hall–Kier alpha value is -2.82. The number of ether oxygens (including phenoxy) is 1. The van der Waals surface area contributed by atoms with E-state index in [1.165, 1.54) is 0 Å². The van der Waals surface area contributed by atoms with E-state index in [9.17, 15) is 0 Å². The third-order valence-electron chi connectivity index (χ3n) is 2.90. The third-order valence-corrected chi connectivity index (χ3v) is 2.90. The zero-order valence-corrected chi connectivity index (χ0v) is 11.5. The summed E-state index contributed by atoms with van der Waals surface area (Å²) in [5, 5.41) is 7.24. The maximum Gasteiger partial charge on any atom is 0.212 e. The molecule has 1 aliphatic heterocycles. The molecule has 1 heterocycles. The van der Waals surface area contributed by atoms with Crippen LogP contribution in [0.25, 0.3) is 0 Å². The van der Waals surface area contributed by atoms with Gasteiger partial charge in [0.2, 0.25) is 5.96 Å². The van der Waals surface area contributed by atoms with Gasteiger partial charge in [-0.25, -0.2) is 10.4 Å². The lowest BCUT2D eigenvalue weighted by molar-refractivity contribution is 0.482. The second-order valence-electron chi connectivity index (χ2n) is 4.51.